The zero-order chi connectivity index (χ0) is 18.0. The van der Waals surface area contributed by atoms with Gasteiger partial charge in [0.15, 0.2) is 5.25 Å². The second-order valence-electron chi connectivity index (χ2n) is 5.21. The summed E-state index contributed by atoms with van der Waals surface area (Å²) in [4.78, 5) is 16.7. The van der Waals surface area contributed by atoms with E-state index in [0.717, 1.165) is 21.8 Å². The number of aromatic nitrogens is 1. The molecule has 0 saturated carbocycles. The Morgan fingerprint density at radius 2 is 1.76 bits per heavy atom. The molecule has 3 rings (SSSR count). The lowest BCUT2D eigenvalue weighted by Crippen LogP contribution is -2.04. The minimum atomic E-state index is -1.03. The fourth-order valence-corrected chi connectivity index (χ4v) is 3.72. The summed E-state index contributed by atoms with van der Waals surface area (Å²) in [5.41, 5.74) is 2.51. The van der Waals surface area contributed by atoms with Crippen LogP contribution in [0.4, 0.5) is 0 Å². The van der Waals surface area contributed by atoms with Crippen LogP contribution in [0.2, 0.25) is 5.02 Å². The van der Waals surface area contributed by atoms with Gasteiger partial charge in [-0.25, -0.2) is 4.98 Å². The number of benzene rings is 2. The number of carboxylic acids is 1. The SMILES string of the molecule is COc1ccc(-c2nc(C(S)C(=O)O)sc2-c2ccc(Cl)cc2)cc1. The molecule has 25 heavy (non-hydrogen) atoms. The average Bonchev–Trinajstić information content (AvgIpc) is 3.07. The quantitative estimate of drug-likeness (QED) is 0.587. The summed E-state index contributed by atoms with van der Waals surface area (Å²) < 4.78 is 5.19. The molecule has 2 aromatic carbocycles. The van der Waals surface area contributed by atoms with Crippen molar-refractivity contribution in [3.63, 3.8) is 0 Å². The van der Waals surface area contributed by atoms with Gasteiger partial charge in [-0.05, 0) is 42.0 Å². The van der Waals surface area contributed by atoms with E-state index in [9.17, 15) is 9.90 Å². The first-order chi connectivity index (χ1) is 12.0. The van der Waals surface area contributed by atoms with Crippen molar-refractivity contribution in [1.82, 2.24) is 4.98 Å². The molecule has 0 aliphatic heterocycles. The molecule has 0 spiro atoms. The third-order valence-electron chi connectivity index (χ3n) is 3.58. The molecule has 0 aliphatic rings. The van der Waals surface area contributed by atoms with E-state index < -0.39 is 11.2 Å². The summed E-state index contributed by atoms with van der Waals surface area (Å²) >= 11 is 11.4. The Bertz CT molecular complexity index is 892. The summed E-state index contributed by atoms with van der Waals surface area (Å²) in [5.74, 6) is -0.286. The molecule has 3 aromatic rings. The number of hydrogen-bond acceptors (Lipinski definition) is 5. The van der Waals surface area contributed by atoms with Crippen LogP contribution in [0.1, 0.15) is 10.3 Å². The highest BCUT2D eigenvalue weighted by molar-refractivity contribution is 7.81. The van der Waals surface area contributed by atoms with Gasteiger partial charge in [0.2, 0.25) is 0 Å². The van der Waals surface area contributed by atoms with Crippen LogP contribution in [-0.4, -0.2) is 23.2 Å². The van der Waals surface area contributed by atoms with Crippen molar-refractivity contribution in [1.29, 1.82) is 0 Å². The lowest BCUT2D eigenvalue weighted by molar-refractivity contribution is -0.136. The average molecular weight is 392 g/mol. The summed E-state index contributed by atoms with van der Waals surface area (Å²) in [7, 11) is 1.60. The lowest BCUT2D eigenvalue weighted by Gasteiger charge is -2.04. The number of ether oxygens (including phenoxy) is 1. The van der Waals surface area contributed by atoms with Gasteiger partial charge in [0, 0.05) is 10.6 Å². The van der Waals surface area contributed by atoms with E-state index in [-0.39, 0.29) is 0 Å². The first-order valence-electron chi connectivity index (χ1n) is 7.31. The smallest absolute Gasteiger partial charge is 0.323 e. The summed E-state index contributed by atoms with van der Waals surface area (Å²) in [6.07, 6.45) is 0. The van der Waals surface area contributed by atoms with Gasteiger partial charge in [-0.1, -0.05) is 23.7 Å². The van der Waals surface area contributed by atoms with Gasteiger partial charge in [-0.3, -0.25) is 4.79 Å². The zero-order valence-electron chi connectivity index (χ0n) is 13.1. The Hall–Kier alpha value is -2.02. The molecule has 0 fully saturated rings. The van der Waals surface area contributed by atoms with Gasteiger partial charge < -0.3 is 9.84 Å². The van der Waals surface area contributed by atoms with Crippen LogP contribution in [0, 0.1) is 0 Å². The van der Waals surface area contributed by atoms with Gasteiger partial charge in [-0.2, -0.15) is 12.6 Å². The molecule has 1 aromatic heterocycles. The molecule has 1 heterocycles. The fourth-order valence-electron chi connectivity index (χ4n) is 2.30. The predicted octanol–water partition coefficient (Wildman–Crippen LogP) is 5.19. The second kappa shape index (κ2) is 7.47. The Balaban J connectivity index is 2.13. The topological polar surface area (TPSA) is 59.4 Å². The number of carbonyl (C=O) groups is 1. The minimum absolute atomic E-state index is 0.437. The third kappa shape index (κ3) is 3.81. The number of thiazole rings is 1. The first kappa shape index (κ1) is 17.8. The molecule has 0 saturated heterocycles. The number of hydrogen-bond donors (Lipinski definition) is 2. The molecule has 1 N–H and O–H groups in total. The largest absolute Gasteiger partial charge is 0.497 e. The number of nitrogens with zero attached hydrogens (tertiary/aromatic N) is 1. The molecule has 0 aliphatic carbocycles. The van der Waals surface area contributed by atoms with Crippen LogP contribution in [0.15, 0.2) is 48.5 Å². The van der Waals surface area contributed by atoms with E-state index in [2.05, 4.69) is 17.6 Å². The number of methoxy groups -OCH3 is 1. The second-order valence-corrected chi connectivity index (χ2v) is 7.19. The molecule has 0 bridgehead atoms. The highest BCUT2D eigenvalue weighted by Crippen LogP contribution is 2.40. The fraction of sp³-hybridized carbons (Fsp3) is 0.111. The van der Waals surface area contributed by atoms with Crippen molar-refractivity contribution in [2.75, 3.05) is 7.11 Å². The van der Waals surface area contributed by atoms with Crippen LogP contribution in [0.3, 0.4) is 0 Å². The van der Waals surface area contributed by atoms with Crippen LogP contribution < -0.4 is 4.74 Å². The molecule has 0 amide bonds. The third-order valence-corrected chi connectivity index (χ3v) is 5.64. The van der Waals surface area contributed by atoms with Crippen LogP contribution >= 0.6 is 35.6 Å². The van der Waals surface area contributed by atoms with Crippen LogP contribution in [0.5, 0.6) is 5.75 Å². The maximum Gasteiger partial charge on any atom is 0.323 e. The van der Waals surface area contributed by atoms with Crippen molar-refractivity contribution in [3.05, 3.63) is 58.6 Å². The highest BCUT2D eigenvalue weighted by atomic mass is 35.5. The van der Waals surface area contributed by atoms with Crippen molar-refractivity contribution in [2.24, 2.45) is 0 Å². The van der Waals surface area contributed by atoms with E-state index in [1.165, 1.54) is 11.3 Å². The molecule has 1 atom stereocenters. The number of carboxylic acid groups (broad SMARTS) is 1. The van der Waals surface area contributed by atoms with Crippen LogP contribution in [-0.2, 0) is 4.79 Å². The molecular formula is C18H14ClNO3S2. The van der Waals surface area contributed by atoms with Crippen molar-refractivity contribution in [2.45, 2.75) is 5.25 Å². The summed E-state index contributed by atoms with van der Waals surface area (Å²) in [5, 5.41) is 9.34. The molecule has 1 unspecified atom stereocenters. The monoisotopic (exact) mass is 391 g/mol. The highest BCUT2D eigenvalue weighted by Gasteiger charge is 2.23. The summed E-state index contributed by atoms with van der Waals surface area (Å²) in [6.45, 7) is 0. The van der Waals surface area contributed by atoms with Crippen molar-refractivity contribution >= 4 is 41.5 Å². The number of rotatable bonds is 5. The minimum Gasteiger partial charge on any atom is -0.497 e. The van der Waals surface area contributed by atoms with Gasteiger partial charge in [0.05, 0.1) is 17.7 Å². The van der Waals surface area contributed by atoms with Gasteiger partial charge in [-0.15, -0.1) is 11.3 Å². The van der Waals surface area contributed by atoms with Crippen LogP contribution in [0.25, 0.3) is 21.7 Å². The zero-order valence-corrected chi connectivity index (χ0v) is 15.6. The number of halogens is 1. The van der Waals surface area contributed by atoms with E-state index >= 15 is 0 Å². The molecule has 7 heteroatoms. The van der Waals surface area contributed by atoms with Crippen molar-refractivity contribution < 1.29 is 14.6 Å². The Morgan fingerprint density at radius 1 is 1.16 bits per heavy atom. The van der Waals surface area contributed by atoms with Gasteiger partial charge in [0.1, 0.15) is 10.8 Å². The Morgan fingerprint density at radius 3 is 2.32 bits per heavy atom. The molecular weight excluding hydrogens is 378 g/mol. The maximum absolute atomic E-state index is 11.3. The van der Waals surface area contributed by atoms with Gasteiger partial charge >= 0.3 is 5.97 Å². The van der Waals surface area contributed by atoms with E-state index in [1.54, 1.807) is 19.2 Å². The normalized spacial score (nSPS) is 12.0. The molecule has 0 radical (unpaired) electrons. The Labute approximate surface area is 159 Å². The number of thiol groups is 1. The van der Waals surface area contributed by atoms with Crippen molar-refractivity contribution in [3.8, 4) is 27.4 Å². The van der Waals surface area contributed by atoms with E-state index in [0.29, 0.717) is 15.7 Å². The van der Waals surface area contributed by atoms with E-state index in [4.69, 9.17) is 16.3 Å². The lowest BCUT2D eigenvalue weighted by atomic mass is 10.1. The predicted molar refractivity (Wildman–Crippen MR) is 104 cm³/mol. The maximum atomic E-state index is 11.3. The number of aliphatic carboxylic acids is 1. The standard InChI is InChI=1S/C18H14ClNO3S2/c1-23-13-8-4-10(5-9-13)14-16(11-2-6-12(19)7-3-11)25-17(20-14)15(24)18(21)22/h2-9,15,24H,1H3,(H,21,22). The van der Waals surface area contributed by atoms with E-state index in [1.807, 2.05) is 36.4 Å². The first-order valence-corrected chi connectivity index (χ1v) is 9.02. The molecule has 128 valence electrons. The summed E-state index contributed by atoms with van der Waals surface area (Å²) in [6, 6.07) is 14.8. The van der Waals surface area contributed by atoms with Gasteiger partial charge in [0.25, 0.3) is 0 Å². The Kier molecular flexibility index (Phi) is 5.32. The molecule has 4 nitrogen and oxygen atoms in total.